The molecule has 0 bridgehead atoms. The molecule has 2 N–H and O–H groups in total. The van der Waals surface area contributed by atoms with Crippen molar-refractivity contribution in [3.63, 3.8) is 0 Å². The van der Waals surface area contributed by atoms with Crippen molar-refractivity contribution in [2.45, 2.75) is 20.0 Å². The molecule has 0 spiro atoms. The van der Waals surface area contributed by atoms with Gasteiger partial charge in [-0.1, -0.05) is 22.0 Å². The van der Waals surface area contributed by atoms with Gasteiger partial charge in [0.15, 0.2) is 0 Å². The molecule has 0 aliphatic heterocycles. The number of halogens is 1. The number of benzene rings is 1. The van der Waals surface area contributed by atoms with E-state index >= 15 is 0 Å². The average molecular weight is 326 g/mol. The van der Waals surface area contributed by atoms with Crippen LogP contribution in [0.15, 0.2) is 34.1 Å². The second-order valence-corrected chi connectivity index (χ2v) is 6.11. The van der Waals surface area contributed by atoms with Gasteiger partial charge in [0, 0.05) is 21.6 Å². The molecule has 1 aromatic carbocycles. The van der Waals surface area contributed by atoms with E-state index in [4.69, 9.17) is 0 Å². The largest absolute Gasteiger partial charge is 0.386 e. The first kappa shape index (κ1) is 13.6. The van der Waals surface area contributed by atoms with Crippen LogP contribution in [-0.2, 0) is 0 Å². The number of nitrogens with one attached hydrogen (secondary N) is 1. The number of aliphatic hydroxyl groups excluding tert-OH is 1. The SMILES string of the molecule is Cc1cc(NCC(O)c2cccs2)cc(C)c1Br. The maximum Gasteiger partial charge on any atom is 0.105 e. The number of aliphatic hydroxyl groups is 1. The van der Waals surface area contributed by atoms with Crippen LogP contribution in [0.2, 0.25) is 0 Å². The van der Waals surface area contributed by atoms with Gasteiger partial charge in [-0.2, -0.15) is 0 Å². The Morgan fingerprint density at radius 2 is 2.00 bits per heavy atom. The summed E-state index contributed by atoms with van der Waals surface area (Å²) in [6.45, 7) is 4.66. The molecule has 1 atom stereocenters. The molecule has 0 radical (unpaired) electrons. The summed E-state index contributed by atoms with van der Waals surface area (Å²) in [4.78, 5) is 0.994. The lowest BCUT2D eigenvalue weighted by Gasteiger charge is -2.13. The number of hydrogen-bond acceptors (Lipinski definition) is 3. The van der Waals surface area contributed by atoms with E-state index in [1.807, 2.05) is 17.5 Å². The zero-order chi connectivity index (χ0) is 13.1. The maximum atomic E-state index is 10.0. The monoisotopic (exact) mass is 325 g/mol. The van der Waals surface area contributed by atoms with Crippen LogP contribution in [-0.4, -0.2) is 11.7 Å². The topological polar surface area (TPSA) is 32.3 Å². The van der Waals surface area contributed by atoms with Gasteiger partial charge in [-0.15, -0.1) is 11.3 Å². The van der Waals surface area contributed by atoms with Crippen LogP contribution in [0, 0.1) is 13.8 Å². The molecular weight excluding hydrogens is 310 g/mol. The minimum absolute atomic E-state index is 0.450. The number of hydrogen-bond donors (Lipinski definition) is 2. The van der Waals surface area contributed by atoms with Crippen molar-refractivity contribution < 1.29 is 5.11 Å². The minimum Gasteiger partial charge on any atom is -0.386 e. The van der Waals surface area contributed by atoms with Gasteiger partial charge in [-0.25, -0.2) is 0 Å². The van der Waals surface area contributed by atoms with Crippen LogP contribution < -0.4 is 5.32 Å². The molecule has 2 rings (SSSR count). The fraction of sp³-hybridized carbons (Fsp3) is 0.286. The molecule has 18 heavy (non-hydrogen) atoms. The van der Waals surface area contributed by atoms with Gasteiger partial charge >= 0.3 is 0 Å². The average Bonchev–Trinajstić information content (AvgIpc) is 2.86. The van der Waals surface area contributed by atoms with Crippen LogP contribution in [0.3, 0.4) is 0 Å². The Morgan fingerprint density at radius 3 is 2.56 bits per heavy atom. The number of aryl methyl sites for hydroxylation is 2. The molecule has 1 heterocycles. The molecule has 0 amide bonds. The van der Waals surface area contributed by atoms with Crippen molar-refractivity contribution >= 4 is 33.0 Å². The summed E-state index contributed by atoms with van der Waals surface area (Å²) < 4.78 is 1.15. The Kier molecular flexibility index (Phi) is 4.43. The van der Waals surface area contributed by atoms with Crippen LogP contribution in [0.4, 0.5) is 5.69 Å². The zero-order valence-electron chi connectivity index (χ0n) is 10.4. The molecule has 0 fully saturated rings. The highest BCUT2D eigenvalue weighted by Gasteiger charge is 2.08. The van der Waals surface area contributed by atoms with Gasteiger partial charge in [-0.3, -0.25) is 0 Å². The smallest absolute Gasteiger partial charge is 0.105 e. The Balaban J connectivity index is 2.02. The lowest BCUT2D eigenvalue weighted by Crippen LogP contribution is -2.11. The van der Waals surface area contributed by atoms with Crippen LogP contribution in [0.5, 0.6) is 0 Å². The highest BCUT2D eigenvalue weighted by atomic mass is 79.9. The predicted octanol–water partition coefficient (Wildman–Crippen LogP) is 4.27. The molecule has 2 aromatic rings. The first-order valence-electron chi connectivity index (χ1n) is 5.80. The molecule has 2 nitrogen and oxygen atoms in total. The molecule has 0 saturated heterocycles. The molecule has 0 aliphatic rings. The summed E-state index contributed by atoms with van der Waals surface area (Å²) in [5.41, 5.74) is 3.44. The maximum absolute atomic E-state index is 10.0. The minimum atomic E-state index is -0.450. The van der Waals surface area contributed by atoms with Crippen molar-refractivity contribution in [3.8, 4) is 0 Å². The summed E-state index contributed by atoms with van der Waals surface area (Å²) in [6.07, 6.45) is -0.450. The van der Waals surface area contributed by atoms with E-state index in [0.717, 1.165) is 15.0 Å². The van der Waals surface area contributed by atoms with Crippen LogP contribution in [0.1, 0.15) is 22.1 Å². The molecule has 1 aromatic heterocycles. The molecule has 0 aliphatic carbocycles. The number of rotatable bonds is 4. The molecule has 0 saturated carbocycles. The summed E-state index contributed by atoms with van der Waals surface area (Å²) in [6, 6.07) is 8.07. The first-order chi connectivity index (χ1) is 8.58. The van der Waals surface area contributed by atoms with Crippen molar-refractivity contribution in [3.05, 3.63) is 50.1 Å². The summed E-state index contributed by atoms with van der Waals surface area (Å²) >= 11 is 5.13. The fourth-order valence-electron chi connectivity index (χ4n) is 1.84. The van der Waals surface area contributed by atoms with Crippen LogP contribution >= 0.6 is 27.3 Å². The highest BCUT2D eigenvalue weighted by Crippen LogP contribution is 2.26. The standard InChI is InChI=1S/C14H16BrNOS/c1-9-6-11(7-10(2)14(9)15)16-8-12(17)13-4-3-5-18-13/h3-7,12,16-17H,8H2,1-2H3. The lowest BCUT2D eigenvalue weighted by molar-refractivity contribution is 0.195. The van der Waals surface area contributed by atoms with Gasteiger partial charge in [0.25, 0.3) is 0 Å². The predicted molar refractivity (Wildman–Crippen MR) is 81.4 cm³/mol. The first-order valence-corrected chi connectivity index (χ1v) is 7.47. The highest BCUT2D eigenvalue weighted by molar-refractivity contribution is 9.10. The van der Waals surface area contributed by atoms with Gasteiger partial charge < -0.3 is 10.4 Å². The number of thiophene rings is 1. The Labute approximate surface area is 120 Å². The summed E-state index contributed by atoms with van der Waals surface area (Å²) in [7, 11) is 0. The quantitative estimate of drug-likeness (QED) is 0.879. The Bertz CT molecular complexity index is 502. The molecule has 4 heteroatoms. The van der Waals surface area contributed by atoms with E-state index in [9.17, 15) is 5.11 Å². The third-order valence-electron chi connectivity index (χ3n) is 2.81. The van der Waals surface area contributed by atoms with E-state index in [2.05, 4.69) is 47.2 Å². The van der Waals surface area contributed by atoms with E-state index < -0.39 is 6.10 Å². The summed E-state index contributed by atoms with van der Waals surface area (Å²) in [5.74, 6) is 0. The van der Waals surface area contributed by atoms with E-state index in [0.29, 0.717) is 6.54 Å². The Hall–Kier alpha value is -0.840. The van der Waals surface area contributed by atoms with E-state index in [1.54, 1.807) is 11.3 Å². The fourth-order valence-corrected chi connectivity index (χ4v) is 2.78. The summed E-state index contributed by atoms with van der Waals surface area (Å²) in [5, 5.41) is 15.3. The van der Waals surface area contributed by atoms with Crippen molar-refractivity contribution in [1.82, 2.24) is 0 Å². The Morgan fingerprint density at radius 1 is 1.33 bits per heavy atom. The van der Waals surface area contributed by atoms with E-state index in [1.165, 1.54) is 11.1 Å². The van der Waals surface area contributed by atoms with Crippen LogP contribution in [0.25, 0.3) is 0 Å². The third kappa shape index (κ3) is 3.13. The number of anilines is 1. The molecule has 96 valence electrons. The zero-order valence-corrected chi connectivity index (χ0v) is 12.8. The van der Waals surface area contributed by atoms with Gasteiger partial charge in [0.1, 0.15) is 6.10 Å². The van der Waals surface area contributed by atoms with Crippen molar-refractivity contribution in [2.24, 2.45) is 0 Å². The van der Waals surface area contributed by atoms with Crippen molar-refractivity contribution in [1.29, 1.82) is 0 Å². The van der Waals surface area contributed by atoms with Gasteiger partial charge in [0.2, 0.25) is 0 Å². The molecular formula is C14H16BrNOS. The molecule has 1 unspecified atom stereocenters. The third-order valence-corrected chi connectivity index (χ3v) is 5.03. The van der Waals surface area contributed by atoms with Gasteiger partial charge in [0.05, 0.1) is 0 Å². The normalized spacial score (nSPS) is 12.4. The second-order valence-electron chi connectivity index (χ2n) is 4.34. The lowest BCUT2D eigenvalue weighted by atomic mass is 10.1. The van der Waals surface area contributed by atoms with Crippen molar-refractivity contribution in [2.75, 3.05) is 11.9 Å². The second kappa shape index (κ2) is 5.87. The van der Waals surface area contributed by atoms with E-state index in [-0.39, 0.29) is 0 Å². The van der Waals surface area contributed by atoms with Gasteiger partial charge in [-0.05, 0) is 48.6 Å².